The van der Waals surface area contributed by atoms with Gasteiger partial charge in [0.25, 0.3) is 0 Å². The Morgan fingerprint density at radius 3 is 2.74 bits per heavy atom. The van der Waals surface area contributed by atoms with E-state index in [2.05, 4.69) is 29.1 Å². The van der Waals surface area contributed by atoms with Crippen LogP contribution < -0.4 is 5.73 Å². The van der Waals surface area contributed by atoms with E-state index in [0.717, 1.165) is 30.4 Å². The summed E-state index contributed by atoms with van der Waals surface area (Å²) in [7, 11) is 2.15. The summed E-state index contributed by atoms with van der Waals surface area (Å²) in [4.78, 5) is 6.86. The van der Waals surface area contributed by atoms with Crippen molar-refractivity contribution in [2.75, 3.05) is 13.6 Å². The first-order valence-corrected chi connectivity index (χ1v) is 7.52. The zero-order chi connectivity index (χ0) is 13.7. The van der Waals surface area contributed by atoms with Crippen molar-refractivity contribution in [3.8, 4) is 0 Å². The van der Waals surface area contributed by atoms with Gasteiger partial charge in [-0.1, -0.05) is 25.3 Å². The number of pyridine rings is 1. The summed E-state index contributed by atoms with van der Waals surface area (Å²) in [5, 5.41) is 0. The van der Waals surface area contributed by atoms with Crippen LogP contribution in [-0.2, 0) is 6.54 Å². The molecule has 106 valence electrons. The lowest BCUT2D eigenvalue weighted by Crippen LogP contribution is -2.41. The van der Waals surface area contributed by atoms with Crippen LogP contribution in [0.25, 0.3) is 0 Å². The third-order valence-electron chi connectivity index (χ3n) is 4.16. The molecule has 1 aliphatic carbocycles. The van der Waals surface area contributed by atoms with Crippen molar-refractivity contribution in [3.05, 3.63) is 29.6 Å². The largest absolute Gasteiger partial charge is 0.326 e. The van der Waals surface area contributed by atoms with Gasteiger partial charge in [0.1, 0.15) is 0 Å². The molecule has 1 unspecified atom stereocenters. The Labute approximate surface area is 117 Å². The predicted molar refractivity (Wildman–Crippen MR) is 79.9 cm³/mol. The lowest BCUT2D eigenvalue weighted by Gasteiger charge is -2.30. The van der Waals surface area contributed by atoms with Crippen LogP contribution in [0.4, 0.5) is 0 Å². The molecule has 0 radical (unpaired) electrons. The summed E-state index contributed by atoms with van der Waals surface area (Å²) in [6.07, 6.45) is 6.75. The van der Waals surface area contributed by atoms with E-state index in [9.17, 15) is 0 Å². The number of aryl methyl sites for hydroxylation is 1. The maximum atomic E-state index is 6.37. The molecule has 2 N–H and O–H groups in total. The van der Waals surface area contributed by atoms with Gasteiger partial charge < -0.3 is 5.73 Å². The Bertz CT molecular complexity index is 385. The SMILES string of the molecule is Cc1cccc(CN(C)CC(N)C2CCCCC2)n1. The number of aromatic nitrogens is 1. The highest BCUT2D eigenvalue weighted by Gasteiger charge is 2.21. The molecule has 1 saturated carbocycles. The van der Waals surface area contributed by atoms with E-state index < -0.39 is 0 Å². The second kappa shape index (κ2) is 7.01. The van der Waals surface area contributed by atoms with Gasteiger partial charge in [-0.15, -0.1) is 0 Å². The fraction of sp³-hybridized carbons (Fsp3) is 0.688. The fourth-order valence-corrected chi connectivity index (χ4v) is 3.10. The highest BCUT2D eigenvalue weighted by atomic mass is 15.1. The monoisotopic (exact) mass is 261 g/mol. The number of nitrogens with zero attached hydrogens (tertiary/aromatic N) is 2. The maximum absolute atomic E-state index is 6.37. The van der Waals surface area contributed by atoms with Crippen LogP contribution in [0.1, 0.15) is 43.5 Å². The maximum Gasteiger partial charge on any atom is 0.0547 e. The van der Waals surface area contributed by atoms with Crippen molar-refractivity contribution < 1.29 is 0 Å². The Hall–Kier alpha value is -0.930. The molecule has 1 aromatic rings. The van der Waals surface area contributed by atoms with E-state index in [1.165, 1.54) is 32.1 Å². The van der Waals surface area contributed by atoms with Crippen molar-refractivity contribution in [2.24, 2.45) is 11.7 Å². The molecule has 1 fully saturated rings. The van der Waals surface area contributed by atoms with Crippen LogP contribution in [0.5, 0.6) is 0 Å². The van der Waals surface area contributed by atoms with Crippen LogP contribution in [0.15, 0.2) is 18.2 Å². The van der Waals surface area contributed by atoms with Crippen LogP contribution in [-0.4, -0.2) is 29.5 Å². The molecule has 3 nitrogen and oxygen atoms in total. The second-order valence-corrected chi connectivity index (χ2v) is 6.03. The van der Waals surface area contributed by atoms with Gasteiger partial charge in [0, 0.05) is 24.8 Å². The summed E-state index contributed by atoms with van der Waals surface area (Å²) in [6.45, 7) is 3.90. The molecule has 0 aromatic carbocycles. The average molecular weight is 261 g/mol. The summed E-state index contributed by atoms with van der Waals surface area (Å²) < 4.78 is 0. The molecule has 3 heteroatoms. The molecule has 19 heavy (non-hydrogen) atoms. The Kier molecular flexibility index (Phi) is 5.34. The van der Waals surface area contributed by atoms with E-state index >= 15 is 0 Å². The fourth-order valence-electron chi connectivity index (χ4n) is 3.10. The normalized spacial score (nSPS) is 18.7. The molecule has 2 rings (SSSR count). The molecular weight excluding hydrogens is 234 g/mol. The first-order chi connectivity index (χ1) is 9.15. The zero-order valence-corrected chi connectivity index (χ0v) is 12.3. The first kappa shape index (κ1) is 14.5. The topological polar surface area (TPSA) is 42.1 Å². The lowest BCUT2D eigenvalue weighted by molar-refractivity contribution is 0.227. The van der Waals surface area contributed by atoms with Gasteiger partial charge in [-0.2, -0.15) is 0 Å². The van der Waals surface area contributed by atoms with E-state index in [1.807, 2.05) is 13.0 Å². The minimum Gasteiger partial charge on any atom is -0.326 e. The number of nitrogens with two attached hydrogens (primary N) is 1. The van der Waals surface area contributed by atoms with Crippen LogP contribution in [0.2, 0.25) is 0 Å². The minimum absolute atomic E-state index is 0.315. The van der Waals surface area contributed by atoms with Crippen molar-refractivity contribution in [2.45, 2.75) is 51.6 Å². The molecule has 1 heterocycles. The van der Waals surface area contributed by atoms with Crippen molar-refractivity contribution >= 4 is 0 Å². The number of likely N-dealkylation sites (N-methyl/N-ethyl adjacent to an activating group) is 1. The van der Waals surface area contributed by atoms with Crippen LogP contribution in [0.3, 0.4) is 0 Å². The highest BCUT2D eigenvalue weighted by Crippen LogP contribution is 2.25. The number of hydrogen-bond donors (Lipinski definition) is 1. The number of hydrogen-bond acceptors (Lipinski definition) is 3. The van der Waals surface area contributed by atoms with Crippen molar-refractivity contribution in [1.29, 1.82) is 0 Å². The third-order valence-corrected chi connectivity index (χ3v) is 4.16. The molecule has 0 amide bonds. The molecule has 1 aliphatic rings. The van der Waals surface area contributed by atoms with Gasteiger partial charge in [0.05, 0.1) is 5.69 Å². The molecule has 0 aliphatic heterocycles. The Morgan fingerprint density at radius 2 is 2.05 bits per heavy atom. The number of rotatable bonds is 5. The minimum atomic E-state index is 0.315. The Morgan fingerprint density at radius 1 is 1.32 bits per heavy atom. The third kappa shape index (κ3) is 4.59. The lowest BCUT2D eigenvalue weighted by atomic mass is 9.84. The summed E-state index contributed by atoms with van der Waals surface area (Å²) in [5.41, 5.74) is 8.59. The standard InChI is InChI=1S/C16H27N3/c1-13-7-6-10-15(18-13)11-19(2)12-16(17)14-8-4-3-5-9-14/h6-7,10,14,16H,3-5,8-9,11-12,17H2,1-2H3. The van der Waals surface area contributed by atoms with Gasteiger partial charge in [0.2, 0.25) is 0 Å². The molecular formula is C16H27N3. The summed E-state index contributed by atoms with van der Waals surface area (Å²) >= 11 is 0. The van der Waals surface area contributed by atoms with Gasteiger partial charge in [-0.3, -0.25) is 9.88 Å². The smallest absolute Gasteiger partial charge is 0.0547 e. The molecule has 0 spiro atoms. The molecule has 0 bridgehead atoms. The zero-order valence-electron chi connectivity index (χ0n) is 12.3. The predicted octanol–water partition coefficient (Wildman–Crippen LogP) is 2.73. The van der Waals surface area contributed by atoms with E-state index in [-0.39, 0.29) is 0 Å². The van der Waals surface area contributed by atoms with Crippen LogP contribution >= 0.6 is 0 Å². The van der Waals surface area contributed by atoms with E-state index in [0.29, 0.717) is 6.04 Å². The van der Waals surface area contributed by atoms with E-state index in [1.54, 1.807) is 0 Å². The van der Waals surface area contributed by atoms with E-state index in [4.69, 9.17) is 5.73 Å². The summed E-state index contributed by atoms with van der Waals surface area (Å²) in [5.74, 6) is 0.724. The molecule has 0 saturated heterocycles. The quantitative estimate of drug-likeness (QED) is 0.886. The van der Waals surface area contributed by atoms with Crippen molar-refractivity contribution in [1.82, 2.24) is 9.88 Å². The molecule has 1 aromatic heterocycles. The van der Waals surface area contributed by atoms with Gasteiger partial charge in [-0.05, 0) is 44.9 Å². The van der Waals surface area contributed by atoms with Gasteiger partial charge in [-0.25, -0.2) is 0 Å². The van der Waals surface area contributed by atoms with Crippen LogP contribution in [0, 0.1) is 12.8 Å². The first-order valence-electron chi connectivity index (χ1n) is 7.52. The van der Waals surface area contributed by atoms with Gasteiger partial charge in [0.15, 0.2) is 0 Å². The van der Waals surface area contributed by atoms with Gasteiger partial charge >= 0.3 is 0 Å². The van der Waals surface area contributed by atoms with Crippen molar-refractivity contribution in [3.63, 3.8) is 0 Å². The highest BCUT2D eigenvalue weighted by molar-refractivity contribution is 5.09. The Balaban J connectivity index is 1.81. The average Bonchev–Trinajstić information content (AvgIpc) is 2.39. The summed E-state index contributed by atoms with van der Waals surface area (Å²) in [6, 6.07) is 6.52. The second-order valence-electron chi connectivity index (χ2n) is 6.03. The molecule has 1 atom stereocenters.